The van der Waals surface area contributed by atoms with E-state index >= 15 is 0 Å². The summed E-state index contributed by atoms with van der Waals surface area (Å²) in [6, 6.07) is 0. The highest BCUT2D eigenvalue weighted by Gasteiger charge is 2.36. The van der Waals surface area contributed by atoms with E-state index in [-0.39, 0.29) is 0 Å². The maximum absolute atomic E-state index is 8.87. The first-order valence-electron chi connectivity index (χ1n) is 2.61. The smallest absolute Gasteiger partial charge is 0.112 e. The third kappa shape index (κ3) is 0.564. The molecule has 1 saturated heterocycles. The molecule has 2 heteroatoms. The maximum Gasteiger partial charge on any atom is 0.112 e. The average molecular weight is 126 g/mol. The van der Waals surface area contributed by atoms with Crippen molar-refractivity contribution < 1.29 is 5.11 Å². The van der Waals surface area contributed by atoms with Gasteiger partial charge in [-0.1, -0.05) is 6.08 Å². The number of rotatable bonds is 0. The SMILES string of the molecule is OC1=CC2SC2C=C1. The van der Waals surface area contributed by atoms with E-state index in [9.17, 15) is 0 Å². The number of allylic oxidation sites excluding steroid dienone is 1. The van der Waals surface area contributed by atoms with Crippen LogP contribution in [0.25, 0.3) is 0 Å². The first-order valence-corrected chi connectivity index (χ1v) is 3.55. The first kappa shape index (κ1) is 4.50. The van der Waals surface area contributed by atoms with Gasteiger partial charge in [-0.05, 0) is 12.2 Å². The minimum Gasteiger partial charge on any atom is -0.508 e. The fourth-order valence-electron chi connectivity index (χ4n) is 0.842. The molecule has 0 aromatic carbocycles. The van der Waals surface area contributed by atoms with Crippen LogP contribution in [0.1, 0.15) is 0 Å². The van der Waals surface area contributed by atoms with Crippen molar-refractivity contribution in [2.75, 3.05) is 0 Å². The average Bonchev–Trinajstić information content (AvgIpc) is 2.43. The van der Waals surface area contributed by atoms with Crippen molar-refractivity contribution in [3.8, 4) is 0 Å². The lowest BCUT2D eigenvalue weighted by Crippen LogP contribution is -1.92. The quantitative estimate of drug-likeness (QED) is 0.496. The van der Waals surface area contributed by atoms with Gasteiger partial charge in [0.2, 0.25) is 0 Å². The minimum atomic E-state index is 0.427. The summed E-state index contributed by atoms with van der Waals surface area (Å²) >= 11 is 1.88. The molecule has 0 amide bonds. The van der Waals surface area contributed by atoms with Gasteiger partial charge in [0.15, 0.2) is 0 Å². The van der Waals surface area contributed by atoms with E-state index in [1.165, 1.54) is 0 Å². The fourth-order valence-corrected chi connectivity index (χ4v) is 1.67. The van der Waals surface area contributed by atoms with Crippen molar-refractivity contribution in [2.24, 2.45) is 0 Å². The molecule has 8 heavy (non-hydrogen) atoms. The summed E-state index contributed by atoms with van der Waals surface area (Å²) in [6.07, 6.45) is 5.71. The highest BCUT2D eigenvalue weighted by molar-refractivity contribution is 8.08. The van der Waals surface area contributed by atoms with E-state index in [0.29, 0.717) is 16.3 Å². The molecule has 0 aromatic heterocycles. The number of hydrogen-bond donors (Lipinski definition) is 1. The van der Waals surface area contributed by atoms with Crippen LogP contribution in [0.3, 0.4) is 0 Å². The first-order chi connectivity index (χ1) is 3.86. The fraction of sp³-hybridized carbons (Fsp3) is 0.333. The van der Waals surface area contributed by atoms with Gasteiger partial charge in [-0.3, -0.25) is 0 Å². The Balaban J connectivity index is 2.28. The topological polar surface area (TPSA) is 20.2 Å². The Morgan fingerprint density at radius 1 is 1.50 bits per heavy atom. The van der Waals surface area contributed by atoms with Crippen LogP contribution < -0.4 is 0 Å². The Labute approximate surface area is 52.1 Å². The molecule has 0 radical (unpaired) electrons. The molecule has 1 nitrogen and oxygen atoms in total. The van der Waals surface area contributed by atoms with Crippen LogP contribution in [0.15, 0.2) is 24.0 Å². The lowest BCUT2D eigenvalue weighted by molar-refractivity contribution is 0.429. The number of aliphatic hydroxyl groups excluding tert-OH is 1. The molecule has 42 valence electrons. The summed E-state index contributed by atoms with van der Waals surface area (Å²) in [7, 11) is 0. The van der Waals surface area contributed by atoms with Gasteiger partial charge in [-0.2, -0.15) is 0 Å². The molecule has 0 bridgehead atoms. The Bertz CT molecular complexity index is 171. The lowest BCUT2D eigenvalue weighted by Gasteiger charge is -1.93. The summed E-state index contributed by atoms with van der Waals surface area (Å²) < 4.78 is 0. The van der Waals surface area contributed by atoms with Crippen LogP contribution >= 0.6 is 11.8 Å². The standard InChI is InChI=1S/C6H6OS/c7-4-1-2-5-6(3-4)8-5/h1-3,5-7H. The second-order valence-corrected chi connectivity index (χ2v) is 3.38. The Kier molecular flexibility index (Phi) is 0.742. The predicted molar refractivity (Wildman–Crippen MR) is 35.0 cm³/mol. The molecular formula is C6H6OS. The molecular weight excluding hydrogens is 120 g/mol. The van der Waals surface area contributed by atoms with Crippen molar-refractivity contribution in [3.05, 3.63) is 24.0 Å². The van der Waals surface area contributed by atoms with Crippen LogP contribution in [-0.4, -0.2) is 15.6 Å². The maximum atomic E-state index is 8.87. The third-order valence-corrected chi connectivity index (χ3v) is 2.55. The number of hydrogen-bond acceptors (Lipinski definition) is 2. The van der Waals surface area contributed by atoms with E-state index < -0.39 is 0 Å². The van der Waals surface area contributed by atoms with Crippen LogP contribution in [0, 0.1) is 0 Å². The van der Waals surface area contributed by atoms with E-state index in [4.69, 9.17) is 5.11 Å². The molecule has 1 N–H and O–H groups in total. The zero-order chi connectivity index (χ0) is 5.56. The Morgan fingerprint density at radius 2 is 2.38 bits per heavy atom. The van der Waals surface area contributed by atoms with E-state index in [1.54, 1.807) is 6.08 Å². The molecule has 2 aliphatic rings. The Hall–Kier alpha value is -0.370. The number of fused-ring (bicyclic) bond motifs is 1. The van der Waals surface area contributed by atoms with Crippen LogP contribution in [0.2, 0.25) is 0 Å². The number of aliphatic hydroxyl groups is 1. The van der Waals surface area contributed by atoms with Crippen molar-refractivity contribution in [1.29, 1.82) is 0 Å². The number of thioether (sulfide) groups is 1. The Morgan fingerprint density at radius 3 is 3.00 bits per heavy atom. The molecule has 0 saturated carbocycles. The molecule has 0 spiro atoms. The van der Waals surface area contributed by atoms with E-state index in [0.717, 1.165) is 0 Å². The second-order valence-electron chi connectivity index (χ2n) is 2.02. The zero-order valence-electron chi connectivity index (χ0n) is 4.24. The summed E-state index contributed by atoms with van der Waals surface area (Å²) in [5.41, 5.74) is 0. The predicted octanol–water partition coefficient (Wildman–Crippen LogP) is 1.48. The van der Waals surface area contributed by atoms with Crippen molar-refractivity contribution in [1.82, 2.24) is 0 Å². The zero-order valence-corrected chi connectivity index (χ0v) is 5.06. The molecule has 0 aromatic rings. The lowest BCUT2D eigenvalue weighted by atomic mass is 10.2. The summed E-state index contributed by atoms with van der Waals surface area (Å²) in [6.45, 7) is 0. The summed E-state index contributed by atoms with van der Waals surface area (Å²) in [5, 5.41) is 10.2. The van der Waals surface area contributed by atoms with Gasteiger partial charge < -0.3 is 5.11 Å². The molecule has 1 aliphatic heterocycles. The summed E-state index contributed by atoms with van der Waals surface area (Å²) in [5.74, 6) is 0.427. The monoisotopic (exact) mass is 126 g/mol. The van der Waals surface area contributed by atoms with Gasteiger partial charge in [-0.15, -0.1) is 11.8 Å². The summed E-state index contributed by atoms with van der Waals surface area (Å²) in [4.78, 5) is 0. The highest BCUT2D eigenvalue weighted by atomic mass is 32.2. The van der Waals surface area contributed by atoms with Crippen LogP contribution in [-0.2, 0) is 0 Å². The van der Waals surface area contributed by atoms with Crippen molar-refractivity contribution >= 4 is 11.8 Å². The van der Waals surface area contributed by atoms with Gasteiger partial charge >= 0.3 is 0 Å². The van der Waals surface area contributed by atoms with Gasteiger partial charge in [0.05, 0.1) is 0 Å². The van der Waals surface area contributed by atoms with Gasteiger partial charge in [0.25, 0.3) is 0 Å². The third-order valence-electron chi connectivity index (χ3n) is 1.35. The van der Waals surface area contributed by atoms with Gasteiger partial charge in [0.1, 0.15) is 5.76 Å². The second kappa shape index (κ2) is 1.32. The largest absolute Gasteiger partial charge is 0.508 e. The normalized spacial score (nSPS) is 40.8. The highest BCUT2D eigenvalue weighted by Crippen LogP contribution is 2.45. The minimum absolute atomic E-state index is 0.427. The van der Waals surface area contributed by atoms with E-state index in [2.05, 4.69) is 0 Å². The van der Waals surface area contributed by atoms with Crippen LogP contribution in [0.5, 0.6) is 0 Å². The van der Waals surface area contributed by atoms with Gasteiger partial charge in [0, 0.05) is 10.5 Å². The van der Waals surface area contributed by atoms with Crippen molar-refractivity contribution in [2.45, 2.75) is 10.5 Å². The molecule has 1 fully saturated rings. The molecule has 1 heterocycles. The van der Waals surface area contributed by atoms with E-state index in [1.807, 2.05) is 23.9 Å². The molecule has 2 unspecified atom stereocenters. The van der Waals surface area contributed by atoms with Crippen molar-refractivity contribution in [3.63, 3.8) is 0 Å². The molecule has 2 rings (SSSR count). The molecule has 2 atom stereocenters. The van der Waals surface area contributed by atoms with Crippen LogP contribution in [0.4, 0.5) is 0 Å². The van der Waals surface area contributed by atoms with Gasteiger partial charge in [-0.25, -0.2) is 0 Å². The molecule has 1 aliphatic carbocycles.